The van der Waals surface area contributed by atoms with Crippen LogP contribution in [0.2, 0.25) is 0 Å². The van der Waals surface area contributed by atoms with Crippen LogP contribution in [0.4, 0.5) is 8.78 Å². The summed E-state index contributed by atoms with van der Waals surface area (Å²) in [7, 11) is 0. The first kappa shape index (κ1) is 18.0. The minimum Gasteiger partial charge on any atom is -0.341 e. The molecule has 1 amide bonds. The van der Waals surface area contributed by atoms with E-state index in [2.05, 4.69) is 20.3 Å². The van der Waals surface area contributed by atoms with Crippen molar-refractivity contribution in [3.05, 3.63) is 73.6 Å². The molecule has 1 fully saturated rings. The van der Waals surface area contributed by atoms with Gasteiger partial charge in [-0.1, -0.05) is 6.07 Å². The number of pyridine rings is 1. The second-order valence-corrected chi connectivity index (χ2v) is 6.94. The van der Waals surface area contributed by atoms with Crippen LogP contribution < -0.4 is 16.6 Å². The topological polar surface area (TPSA) is 108 Å². The van der Waals surface area contributed by atoms with E-state index < -0.39 is 34.3 Å². The second-order valence-electron chi connectivity index (χ2n) is 6.94. The summed E-state index contributed by atoms with van der Waals surface area (Å²) in [6.07, 6.45) is 1.49. The third kappa shape index (κ3) is 2.79. The molecule has 1 saturated carbocycles. The van der Waals surface area contributed by atoms with E-state index in [1.54, 1.807) is 6.92 Å². The molecular weight excluding hydrogens is 370 g/mol. The van der Waals surface area contributed by atoms with Gasteiger partial charge in [0, 0.05) is 5.56 Å². The summed E-state index contributed by atoms with van der Waals surface area (Å²) in [5, 5.41) is 2.87. The number of nitrogens with one attached hydrogen (secondary N) is 3. The van der Waals surface area contributed by atoms with E-state index in [0.717, 1.165) is 12.1 Å². The van der Waals surface area contributed by atoms with Gasteiger partial charge in [0.2, 0.25) is 0 Å². The van der Waals surface area contributed by atoms with Gasteiger partial charge in [-0.05, 0) is 49.9 Å². The van der Waals surface area contributed by atoms with Gasteiger partial charge in [0.1, 0.15) is 23.0 Å². The molecule has 3 aromatic rings. The molecule has 3 N–H and O–H groups in total. The molecule has 144 valence electrons. The van der Waals surface area contributed by atoms with Gasteiger partial charge < -0.3 is 5.32 Å². The zero-order valence-electron chi connectivity index (χ0n) is 14.9. The highest BCUT2D eigenvalue weighted by Gasteiger charge is 2.44. The number of hydrogen-bond acceptors (Lipinski definition) is 4. The maximum atomic E-state index is 14.3. The van der Waals surface area contributed by atoms with Crippen LogP contribution in [0, 0.1) is 18.6 Å². The number of hydrogen-bond donors (Lipinski definition) is 3. The average Bonchev–Trinajstić information content (AvgIpc) is 2.57. The third-order valence-electron chi connectivity index (χ3n) is 5.14. The standard InChI is InChI=1S/C19H16F2N4O3/c1-9-8-12(22-15-13(9)17(27)24-18(28)23-15)16(26)25-19(6-3-7-19)14-10(20)4-2-5-11(14)21/h2,4-5,8H,3,6-7H2,1H3,(H,25,26)(H2,22,23,24,27,28). The summed E-state index contributed by atoms with van der Waals surface area (Å²) in [6.45, 7) is 1.60. The van der Waals surface area contributed by atoms with Crippen molar-refractivity contribution in [3.8, 4) is 0 Å². The highest BCUT2D eigenvalue weighted by Crippen LogP contribution is 2.43. The summed E-state index contributed by atoms with van der Waals surface area (Å²) in [4.78, 5) is 44.8. The Balaban J connectivity index is 1.76. The molecule has 9 heteroatoms. The van der Waals surface area contributed by atoms with Crippen LogP contribution in [0.3, 0.4) is 0 Å². The van der Waals surface area contributed by atoms with Crippen LogP contribution >= 0.6 is 0 Å². The van der Waals surface area contributed by atoms with E-state index in [9.17, 15) is 23.2 Å². The number of carbonyl (C=O) groups excluding carboxylic acids is 1. The van der Waals surface area contributed by atoms with Gasteiger partial charge in [0.25, 0.3) is 11.5 Å². The normalized spacial score (nSPS) is 15.2. The first-order valence-corrected chi connectivity index (χ1v) is 8.72. The van der Waals surface area contributed by atoms with Gasteiger partial charge >= 0.3 is 5.69 Å². The first-order valence-electron chi connectivity index (χ1n) is 8.72. The molecule has 0 aliphatic heterocycles. The largest absolute Gasteiger partial charge is 0.341 e. The number of nitrogens with zero attached hydrogens (tertiary/aromatic N) is 1. The van der Waals surface area contributed by atoms with Crippen molar-refractivity contribution in [1.29, 1.82) is 0 Å². The van der Waals surface area contributed by atoms with Gasteiger partial charge in [-0.2, -0.15) is 0 Å². The molecule has 0 spiro atoms. The lowest BCUT2D eigenvalue weighted by Crippen LogP contribution is -2.52. The van der Waals surface area contributed by atoms with Gasteiger partial charge in [-0.25, -0.2) is 18.6 Å². The number of carbonyl (C=O) groups is 1. The van der Waals surface area contributed by atoms with Crippen molar-refractivity contribution in [2.75, 3.05) is 0 Å². The second kappa shape index (κ2) is 6.36. The van der Waals surface area contributed by atoms with Gasteiger partial charge in [0.15, 0.2) is 0 Å². The van der Waals surface area contributed by atoms with Crippen molar-refractivity contribution in [1.82, 2.24) is 20.3 Å². The molecule has 28 heavy (non-hydrogen) atoms. The predicted molar refractivity (Wildman–Crippen MR) is 97.1 cm³/mol. The number of H-pyrrole nitrogens is 2. The number of aromatic amines is 2. The minimum absolute atomic E-state index is 0.0290. The van der Waals surface area contributed by atoms with Crippen LogP contribution in [-0.4, -0.2) is 20.9 Å². The summed E-state index contributed by atoms with van der Waals surface area (Å²) in [5.74, 6) is -2.09. The Morgan fingerprint density at radius 1 is 1.18 bits per heavy atom. The molecule has 0 bridgehead atoms. The number of fused-ring (bicyclic) bond motifs is 1. The number of benzene rings is 1. The summed E-state index contributed by atoms with van der Waals surface area (Å²) < 4.78 is 28.6. The van der Waals surface area contributed by atoms with Crippen LogP contribution in [0.1, 0.15) is 40.9 Å². The average molecular weight is 386 g/mol. The molecule has 0 unspecified atom stereocenters. The molecule has 2 heterocycles. The molecular formula is C19H16F2N4O3. The van der Waals surface area contributed by atoms with E-state index in [4.69, 9.17) is 0 Å². The lowest BCUT2D eigenvalue weighted by Gasteiger charge is -2.43. The fourth-order valence-corrected chi connectivity index (χ4v) is 3.67. The molecule has 7 nitrogen and oxygen atoms in total. The van der Waals surface area contributed by atoms with Crippen molar-refractivity contribution >= 4 is 16.9 Å². The molecule has 0 atom stereocenters. The summed E-state index contributed by atoms with van der Waals surface area (Å²) in [5.41, 5.74) is -2.33. The molecule has 0 radical (unpaired) electrons. The SMILES string of the molecule is Cc1cc(C(=O)NC2(c3c(F)cccc3F)CCC2)nc2[nH]c(=O)[nH]c(=O)c12. The lowest BCUT2D eigenvalue weighted by atomic mass is 9.71. The van der Waals surface area contributed by atoms with E-state index in [-0.39, 0.29) is 22.3 Å². The lowest BCUT2D eigenvalue weighted by molar-refractivity contribution is 0.0807. The highest BCUT2D eigenvalue weighted by atomic mass is 19.1. The monoisotopic (exact) mass is 386 g/mol. The molecule has 1 aliphatic rings. The van der Waals surface area contributed by atoms with Crippen LogP contribution in [0.25, 0.3) is 11.0 Å². The number of amides is 1. The quantitative estimate of drug-likeness (QED) is 0.640. The Morgan fingerprint density at radius 3 is 2.46 bits per heavy atom. The molecule has 1 aromatic carbocycles. The third-order valence-corrected chi connectivity index (χ3v) is 5.14. The Bertz CT molecular complexity index is 1210. The van der Waals surface area contributed by atoms with E-state index >= 15 is 0 Å². The molecule has 1 aliphatic carbocycles. The van der Waals surface area contributed by atoms with E-state index in [1.807, 2.05) is 0 Å². The van der Waals surface area contributed by atoms with Gasteiger partial charge in [-0.15, -0.1) is 0 Å². The van der Waals surface area contributed by atoms with Gasteiger partial charge in [-0.3, -0.25) is 19.6 Å². The Labute approximate surface area is 156 Å². The van der Waals surface area contributed by atoms with Crippen molar-refractivity contribution in [2.24, 2.45) is 0 Å². The highest BCUT2D eigenvalue weighted by molar-refractivity contribution is 5.95. The smallest absolute Gasteiger partial charge is 0.327 e. The van der Waals surface area contributed by atoms with E-state index in [1.165, 1.54) is 12.1 Å². The number of rotatable bonds is 3. The predicted octanol–water partition coefficient (Wildman–Crippen LogP) is 2.01. The van der Waals surface area contributed by atoms with Crippen LogP contribution in [-0.2, 0) is 5.54 Å². The fraction of sp³-hybridized carbons (Fsp3) is 0.263. The van der Waals surface area contributed by atoms with E-state index in [0.29, 0.717) is 24.8 Å². The zero-order valence-corrected chi connectivity index (χ0v) is 14.9. The molecule has 2 aromatic heterocycles. The fourth-order valence-electron chi connectivity index (χ4n) is 3.67. The zero-order chi connectivity index (χ0) is 20.1. The van der Waals surface area contributed by atoms with Crippen molar-refractivity contribution < 1.29 is 13.6 Å². The van der Waals surface area contributed by atoms with Gasteiger partial charge in [0.05, 0.1) is 10.9 Å². The Kier molecular flexibility index (Phi) is 4.10. The minimum atomic E-state index is -1.15. The van der Waals surface area contributed by atoms with Crippen molar-refractivity contribution in [2.45, 2.75) is 31.7 Å². The van der Waals surface area contributed by atoms with Crippen molar-refractivity contribution in [3.63, 3.8) is 0 Å². The number of halogens is 2. The molecule has 4 rings (SSSR count). The maximum Gasteiger partial charge on any atom is 0.327 e. The Morgan fingerprint density at radius 2 is 1.86 bits per heavy atom. The molecule has 0 saturated heterocycles. The number of aromatic nitrogens is 3. The summed E-state index contributed by atoms with van der Waals surface area (Å²) >= 11 is 0. The maximum absolute atomic E-state index is 14.3. The van der Waals surface area contributed by atoms with Crippen LogP contribution in [0.15, 0.2) is 33.9 Å². The first-order chi connectivity index (χ1) is 13.3. The Hall–Kier alpha value is -3.36. The number of aryl methyl sites for hydroxylation is 1. The van der Waals surface area contributed by atoms with Crippen LogP contribution in [0.5, 0.6) is 0 Å². The summed E-state index contributed by atoms with van der Waals surface area (Å²) in [6, 6.07) is 4.97.